The minimum Gasteiger partial charge on any atom is -0.461 e. The van der Waals surface area contributed by atoms with Crippen LogP contribution in [0.25, 0.3) is 0 Å². The number of hydrogen-bond donors (Lipinski definition) is 1. The molecule has 0 amide bonds. The zero-order valence-corrected chi connectivity index (χ0v) is 21.5. The van der Waals surface area contributed by atoms with Crippen molar-refractivity contribution >= 4 is 21.8 Å². The zero-order valence-electron chi connectivity index (χ0n) is 20.7. The fourth-order valence-electron chi connectivity index (χ4n) is 4.01. The Balaban J connectivity index is 2.00. The van der Waals surface area contributed by atoms with Crippen LogP contribution in [-0.4, -0.2) is 53.6 Å². The number of aryl methyl sites for hydroxylation is 2. The lowest BCUT2D eigenvalue weighted by molar-refractivity contribution is 0.0519. The molecule has 0 spiro atoms. The number of nitrogens with one attached hydrogen (secondary N) is 1. The van der Waals surface area contributed by atoms with Gasteiger partial charge in [-0.25, -0.2) is 13.2 Å². The average molecular weight is 498 g/mol. The second-order valence-corrected chi connectivity index (χ2v) is 10.3. The van der Waals surface area contributed by atoms with Gasteiger partial charge in [-0.05, 0) is 64.4 Å². The van der Waals surface area contributed by atoms with Crippen LogP contribution in [0.5, 0.6) is 0 Å². The van der Waals surface area contributed by atoms with E-state index in [1.807, 2.05) is 19.1 Å². The summed E-state index contributed by atoms with van der Waals surface area (Å²) in [4.78, 5) is 33.3. The van der Waals surface area contributed by atoms with Gasteiger partial charge in [-0.1, -0.05) is 23.8 Å². The van der Waals surface area contributed by atoms with E-state index < -0.39 is 27.8 Å². The van der Waals surface area contributed by atoms with Gasteiger partial charge in [0, 0.05) is 36.1 Å². The normalized spacial score (nSPS) is 12.5. The number of ether oxygens (including phenoxy) is 1. The number of pyridine rings is 1. The average Bonchev–Trinajstić information content (AvgIpc) is 3.13. The summed E-state index contributed by atoms with van der Waals surface area (Å²) in [5.41, 5.74) is 3.06. The second kappa shape index (κ2) is 11.0. The van der Waals surface area contributed by atoms with Crippen LogP contribution in [0.3, 0.4) is 0 Å². The number of Topliss-reactive ketones (excluding diaryl/α,β-unsaturated/α-hetero) is 1. The van der Waals surface area contributed by atoms with Crippen molar-refractivity contribution in [2.45, 2.75) is 52.0 Å². The molecule has 3 aromatic rings. The molecule has 35 heavy (non-hydrogen) atoms. The Morgan fingerprint density at radius 3 is 2.37 bits per heavy atom. The lowest BCUT2D eigenvalue weighted by atomic mass is 10.0. The summed E-state index contributed by atoms with van der Waals surface area (Å²) in [6, 6.07) is 10.9. The van der Waals surface area contributed by atoms with Crippen LogP contribution < -0.4 is 0 Å². The Morgan fingerprint density at radius 1 is 1.09 bits per heavy atom. The maximum absolute atomic E-state index is 13.7. The third-order valence-corrected chi connectivity index (χ3v) is 7.90. The van der Waals surface area contributed by atoms with E-state index in [2.05, 4.69) is 9.97 Å². The summed E-state index contributed by atoms with van der Waals surface area (Å²) in [5, 5.41) is 0. The van der Waals surface area contributed by atoms with E-state index >= 15 is 0 Å². The van der Waals surface area contributed by atoms with E-state index in [0.29, 0.717) is 23.2 Å². The lowest BCUT2D eigenvalue weighted by Crippen LogP contribution is -2.44. The molecule has 1 aromatic carbocycles. The fraction of sp³-hybridized carbons (Fsp3) is 0.346. The van der Waals surface area contributed by atoms with E-state index in [1.165, 1.54) is 4.31 Å². The first-order valence-corrected chi connectivity index (χ1v) is 12.9. The van der Waals surface area contributed by atoms with Crippen molar-refractivity contribution in [1.29, 1.82) is 0 Å². The Morgan fingerprint density at radius 2 is 1.77 bits per heavy atom. The Labute approximate surface area is 206 Å². The van der Waals surface area contributed by atoms with Crippen LogP contribution >= 0.6 is 0 Å². The van der Waals surface area contributed by atoms with Gasteiger partial charge in [-0.3, -0.25) is 9.78 Å². The zero-order chi connectivity index (χ0) is 25.8. The SMILES string of the molecule is CCOC(=O)c1[nH]c(C)c(C(=O)[C@H](C)N(CCc2ccccn2)S(=O)(=O)c2ccc(C)cc2)c1C. The summed E-state index contributed by atoms with van der Waals surface area (Å²) in [7, 11) is -4.00. The highest BCUT2D eigenvalue weighted by Gasteiger charge is 2.35. The van der Waals surface area contributed by atoms with Gasteiger partial charge >= 0.3 is 5.97 Å². The molecule has 0 fully saturated rings. The van der Waals surface area contributed by atoms with E-state index in [4.69, 9.17) is 4.74 Å². The molecule has 8 nitrogen and oxygen atoms in total. The van der Waals surface area contributed by atoms with Gasteiger partial charge in [0.1, 0.15) is 5.69 Å². The van der Waals surface area contributed by atoms with Crippen LogP contribution in [0.1, 0.15) is 57.2 Å². The van der Waals surface area contributed by atoms with Crippen LogP contribution in [0, 0.1) is 20.8 Å². The van der Waals surface area contributed by atoms with Gasteiger partial charge in [0.25, 0.3) is 0 Å². The molecule has 2 heterocycles. The molecule has 2 aromatic heterocycles. The topological polar surface area (TPSA) is 109 Å². The van der Waals surface area contributed by atoms with Gasteiger partial charge in [-0.2, -0.15) is 4.31 Å². The maximum atomic E-state index is 13.7. The molecule has 0 saturated heterocycles. The summed E-state index contributed by atoms with van der Waals surface area (Å²) in [6.45, 7) is 8.75. The van der Waals surface area contributed by atoms with Crippen molar-refractivity contribution in [1.82, 2.24) is 14.3 Å². The van der Waals surface area contributed by atoms with Crippen LogP contribution in [0.15, 0.2) is 53.6 Å². The van der Waals surface area contributed by atoms with Crippen LogP contribution in [-0.2, 0) is 21.2 Å². The van der Waals surface area contributed by atoms with Crippen LogP contribution in [0.2, 0.25) is 0 Å². The minimum atomic E-state index is -4.00. The van der Waals surface area contributed by atoms with Crippen molar-refractivity contribution in [2.75, 3.05) is 13.2 Å². The number of esters is 1. The predicted octanol–water partition coefficient (Wildman–Crippen LogP) is 4.02. The molecule has 3 rings (SSSR count). The molecule has 1 atom stereocenters. The van der Waals surface area contributed by atoms with Crippen molar-refractivity contribution in [2.24, 2.45) is 0 Å². The number of H-pyrrole nitrogens is 1. The molecular weight excluding hydrogens is 466 g/mol. The number of sulfonamides is 1. The first kappa shape index (κ1) is 26.3. The van der Waals surface area contributed by atoms with Crippen molar-refractivity contribution in [3.63, 3.8) is 0 Å². The molecule has 9 heteroatoms. The first-order valence-electron chi connectivity index (χ1n) is 11.5. The number of carbonyl (C=O) groups excluding carboxylic acids is 2. The largest absolute Gasteiger partial charge is 0.461 e. The van der Waals surface area contributed by atoms with Gasteiger partial charge in [-0.15, -0.1) is 0 Å². The Kier molecular flexibility index (Phi) is 8.24. The second-order valence-electron chi connectivity index (χ2n) is 8.39. The number of rotatable bonds is 10. The van der Waals surface area contributed by atoms with Gasteiger partial charge < -0.3 is 9.72 Å². The molecule has 0 aliphatic rings. The Bertz CT molecular complexity index is 1300. The number of carbonyl (C=O) groups is 2. The van der Waals surface area contributed by atoms with E-state index in [1.54, 1.807) is 64.2 Å². The van der Waals surface area contributed by atoms with Gasteiger partial charge in [0.05, 0.1) is 17.5 Å². The molecule has 0 bridgehead atoms. The quantitative estimate of drug-likeness (QED) is 0.335. The minimum absolute atomic E-state index is 0.0629. The summed E-state index contributed by atoms with van der Waals surface area (Å²) >= 11 is 0. The number of aromatic amines is 1. The number of ketones is 1. The fourth-order valence-corrected chi connectivity index (χ4v) is 5.60. The summed E-state index contributed by atoms with van der Waals surface area (Å²) < 4.78 is 33.7. The predicted molar refractivity (Wildman–Crippen MR) is 133 cm³/mol. The highest BCUT2D eigenvalue weighted by Crippen LogP contribution is 2.25. The van der Waals surface area contributed by atoms with E-state index in [0.717, 1.165) is 11.3 Å². The lowest BCUT2D eigenvalue weighted by Gasteiger charge is -2.28. The molecule has 1 N–H and O–H groups in total. The van der Waals surface area contributed by atoms with Crippen molar-refractivity contribution in [3.8, 4) is 0 Å². The van der Waals surface area contributed by atoms with Crippen molar-refractivity contribution in [3.05, 3.63) is 82.4 Å². The molecular formula is C26H31N3O5S. The monoisotopic (exact) mass is 497 g/mol. The van der Waals surface area contributed by atoms with E-state index in [9.17, 15) is 18.0 Å². The molecule has 186 valence electrons. The van der Waals surface area contributed by atoms with Gasteiger partial charge in [0.2, 0.25) is 10.0 Å². The number of aromatic nitrogens is 2. The molecule has 0 radical (unpaired) electrons. The molecule has 0 saturated carbocycles. The third kappa shape index (κ3) is 5.68. The van der Waals surface area contributed by atoms with Gasteiger partial charge in [0.15, 0.2) is 5.78 Å². The first-order chi connectivity index (χ1) is 16.6. The summed E-state index contributed by atoms with van der Waals surface area (Å²) in [5.74, 6) is -0.956. The van der Waals surface area contributed by atoms with E-state index in [-0.39, 0.29) is 23.7 Å². The van der Waals surface area contributed by atoms with Crippen molar-refractivity contribution < 1.29 is 22.7 Å². The highest BCUT2D eigenvalue weighted by molar-refractivity contribution is 7.89. The summed E-state index contributed by atoms with van der Waals surface area (Å²) in [6.07, 6.45) is 1.98. The number of benzene rings is 1. The standard InChI is InChI=1S/C26H31N3O5S/c1-6-34-26(31)24-18(3)23(19(4)28-24)25(30)20(5)29(16-14-21-9-7-8-15-27-21)35(32,33)22-12-10-17(2)11-13-22/h7-13,15,20,28H,6,14,16H2,1-5H3/t20-/m0/s1. The third-order valence-electron chi connectivity index (χ3n) is 5.92. The maximum Gasteiger partial charge on any atom is 0.355 e. The smallest absolute Gasteiger partial charge is 0.355 e. The number of nitrogens with zero attached hydrogens (tertiary/aromatic N) is 2. The van der Waals surface area contributed by atoms with Crippen LogP contribution in [0.4, 0.5) is 0 Å². The number of hydrogen-bond acceptors (Lipinski definition) is 6. The highest BCUT2D eigenvalue weighted by atomic mass is 32.2. The molecule has 0 unspecified atom stereocenters. The molecule has 0 aliphatic heterocycles. The Hall–Kier alpha value is -3.30. The molecule has 0 aliphatic carbocycles.